The Hall–Kier alpha value is -1.73. The fraction of sp³-hybridized carbons (Fsp3) is 0.533. The zero-order chi connectivity index (χ0) is 14.7. The fourth-order valence-corrected chi connectivity index (χ4v) is 4.84. The van der Waals surface area contributed by atoms with E-state index in [2.05, 4.69) is 37.5 Å². The first kappa shape index (κ1) is 12.8. The molecule has 114 valence electrons. The first-order valence-electron chi connectivity index (χ1n) is 7.65. The number of anilines is 1. The van der Waals surface area contributed by atoms with Crippen molar-refractivity contribution in [2.75, 3.05) is 31.5 Å². The molecule has 5 rings (SSSR count). The molecule has 2 aromatic heterocycles. The Morgan fingerprint density at radius 3 is 3.23 bits per heavy atom. The van der Waals surface area contributed by atoms with Crippen LogP contribution in [0.25, 0.3) is 10.2 Å². The molecule has 3 atom stereocenters. The van der Waals surface area contributed by atoms with E-state index in [4.69, 9.17) is 4.74 Å². The minimum atomic E-state index is -0.0991. The number of nitrogens with zero attached hydrogens (tertiary/aromatic N) is 4. The van der Waals surface area contributed by atoms with Gasteiger partial charge in [0.25, 0.3) is 6.02 Å². The number of piperidine rings is 1. The molecular weight excluding hydrogens is 298 g/mol. The van der Waals surface area contributed by atoms with E-state index in [1.807, 2.05) is 0 Å². The van der Waals surface area contributed by atoms with Gasteiger partial charge in [-0.1, -0.05) is 0 Å². The molecule has 2 aromatic rings. The van der Waals surface area contributed by atoms with E-state index >= 15 is 0 Å². The van der Waals surface area contributed by atoms with Gasteiger partial charge >= 0.3 is 0 Å². The van der Waals surface area contributed by atoms with Gasteiger partial charge in [-0.15, -0.1) is 11.3 Å². The van der Waals surface area contributed by atoms with Crippen molar-refractivity contribution in [1.82, 2.24) is 14.9 Å². The number of fused-ring (bicyclic) bond motifs is 4. The van der Waals surface area contributed by atoms with Crippen LogP contribution in [-0.2, 0) is 4.74 Å². The highest BCUT2D eigenvalue weighted by molar-refractivity contribution is 7.18. The van der Waals surface area contributed by atoms with Crippen molar-refractivity contribution in [3.63, 3.8) is 0 Å². The molecule has 0 aromatic carbocycles. The van der Waals surface area contributed by atoms with Crippen molar-refractivity contribution in [2.24, 2.45) is 10.9 Å². The summed E-state index contributed by atoms with van der Waals surface area (Å²) in [5.74, 6) is 1.41. The van der Waals surface area contributed by atoms with E-state index in [1.165, 1.54) is 18.5 Å². The summed E-state index contributed by atoms with van der Waals surface area (Å²) < 4.78 is 7.30. The number of amidine groups is 1. The minimum Gasteiger partial charge on any atom is -0.455 e. The van der Waals surface area contributed by atoms with Gasteiger partial charge in [-0.3, -0.25) is 10.2 Å². The highest BCUT2D eigenvalue weighted by Crippen LogP contribution is 2.41. The van der Waals surface area contributed by atoms with Crippen LogP contribution in [0.5, 0.6) is 0 Å². The summed E-state index contributed by atoms with van der Waals surface area (Å²) in [4.78, 5) is 15.8. The predicted octanol–water partition coefficient (Wildman–Crippen LogP) is 1.87. The Labute approximate surface area is 132 Å². The molecule has 3 aliphatic rings. The molecule has 0 amide bonds. The zero-order valence-electron chi connectivity index (χ0n) is 12.4. The van der Waals surface area contributed by atoms with Gasteiger partial charge in [-0.25, -0.2) is 15.0 Å². The average Bonchev–Trinajstić information content (AvgIpc) is 3.27. The molecule has 5 heterocycles. The van der Waals surface area contributed by atoms with E-state index < -0.39 is 0 Å². The maximum atomic E-state index is 6.24. The smallest absolute Gasteiger partial charge is 0.291 e. The second kappa shape index (κ2) is 4.39. The van der Waals surface area contributed by atoms with Gasteiger partial charge in [-0.05, 0) is 30.8 Å². The van der Waals surface area contributed by atoms with Crippen LogP contribution in [0.1, 0.15) is 12.0 Å². The SMILES string of the molecule is Cc1csc2c(NC3=NCC4(CN5CCC4C5)O3)ncnc12. The number of hydrogen-bond donors (Lipinski definition) is 1. The molecule has 6 nitrogen and oxygen atoms in total. The minimum absolute atomic E-state index is 0.0991. The topological polar surface area (TPSA) is 62.6 Å². The molecule has 22 heavy (non-hydrogen) atoms. The average molecular weight is 315 g/mol. The number of aromatic nitrogens is 2. The molecule has 0 aliphatic carbocycles. The fourth-order valence-electron chi connectivity index (χ4n) is 3.90. The van der Waals surface area contributed by atoms with Crippen molar-refractivity contribution >= 4 is 33.4 Å². The summed E-state index contributed by atoms with van der Waals surface area (Å²) in [6.07, 6.45) is 2.82. The number of aryl methyl sites for hydroxylation is 1. The summed E-state index contributed by atoms with van der Waals surface area (Å²) >= 11 is 1.65. The lowest BCUT2D eigenvalue weighted by molar-refractivity contribution is 0.0364. The number of aliphatic imine (C=N–C) groups is 1. The van der Waals surface area contributed by atoms with Gasteiger partial charge in [-0.2, -0.15) is 0 Å². The third kappa shape index (κ3) is 1.72. The molecule has 2 bridgehead atoms. The first-order chi connectivity index (χ1) is 10.7. The second-order valence-corrected chi connectivity index (χ2v) is 7.33. The molecule has 3 unspecified atom stereocenters. The lowest BCUT2D eigenvalue weighted by Crippen LogP contribution is -2.46. The predicted molar refractivity (Wildman–Crippen MR) is 86.4 cm³/mol. The second-order valence-electron chi connectivity index (χ2n) is 6.45. The van der Waals surface area contributed by atoms with E-state index in [0.717, 1.165) is 35.7 Å². The third-order valence-electron chi connectivity index (χ3n) is 5.05. The van der Waals surface area contributed by atoms with Crippen molar-refractivity contribution in [1.29, 1.82) is 0 Å². The Balaban J connectivity index is 1.40. The highest BCUT2D eigenvalue weighted by Gasteiger charge is 2.54. The normalized spacial score (nSPS) is 32.7. The van der Waals surface area contributed by atoms with Gasteiger partial charge in [0.1, 0.15) is 11.9 Å². The lowest BCUT2D eigenvalue weighted by Gasteiger charge is -2.32. The number of ether oxygens (including phenoxy) is 1. The van der Waals surface area contributed by atoms with E-state index in [0.29, 0.717) is 11.9 Å². The summed E-state index contributed by atoms with van der Waals surface area (Å²) in [6, 6.07) is 0.611. The van der Waals surface area contributed by atoms with Crippen LogP contribution in [0.3, 0.4) is 0 Å². The quantitative estimate of drug-likeness (QED) is 0.870. The standard InChI is InChI=1S/C15H17N5OS/c1-9-5-22-12-11(9)17-8-18-13(12)19-14-16-6-15(21-14)7-20-3-2-10(15)4-20/h5,8,10H,2-4,6-7H2,1H3,(H,16,17,18,19). The molecule has 1 spiro atoms. The third-order valence-corrected chi connectivity index (χ3v) is 6.15. The number of hydrogen-bond acceptors (Lipinski definition) is 7. The van der Waals surface area contributed by atoms with Crippen LogP contribution >= 0.6 is 11.3 Å². The van der Waals surface area contributed by atoms with Crippen LogP contribution in [0, 0.1) is 12.8 Å². The van der Waals surface area contributed by atoms with Crippen LogP contribution in [-0.4, -0.2) is 52.7 Å². The molecule has 0 radical (unpaired) electrons. The molecular formula is C15H17N5OS. The van der Waals surface area contributed by atoms with Gasteiger partial charge in [0.2, 0.25) is 0 Å². The molecule has 7 heteroatoms. The lowest BCUT2D eigenvalue weighted by atomic mass is 9.88. The maximum Gasteiger partial charge on any atom is 0.291 e. The van der Waals surface area contributed by atoms with Crippen molar-refractivity contribution in [2.45, 2.75) is 18.9 Å². The van der Waals surface area contributed by atoms with E-state index in [-0.39, 0.29) is 5.60 Å². The van der Waals surface area contributed by atoms with E-state index in [9.17, 15) is 0 Å². The number of thiophene rings is 1. The molecule has 2 saturated heterocycles. The van der Waals surface area contributed by atoms with Crippen LogP contribution in [0.2, 0.25) is 0 Å². The van der Waals surface area contributed by atoms with Crippen LogP contribution in [0.15, 0.2) is 16.7 Å². The van der Waals surface area contributed by atoms with Gasteiger partial charge in [0.15, 0.2) is 5.82 Å². The van der Waals surface area contributed by atoms with E-state index in [1.54, 1.807) is 17.7 Å². The largest absolute Gasteiger partial charge is 0.455 e. The molecule has 3 aliphatic heterocycles. The summed E-state index contributed by atoms with van der Waals surface area (Å²) in [7, 11) is 0. The Bertz CT molecular complexity index is 787. The number of nitrogens with one attached hydrogen (secondary N) is 1. The molecule has 2 fully saturated rings. The Morgan fingerprint density at radius 2 is 2.41 bits per heavy atom. The summed E-state index contributed by atoms with van der Waals surface area (Å²) in [6.45, 7) is 6.19. The summed E-state index contributed by atoms with van der Waals surface area (Å²) in [5, 5.41) is 5.38. The Morgan fingerprint density at radius 1 is 1.45 bits per heavy atom. The molecule has 0 saturated carbocycles. The Kier molecular flexibility index (Phi) is 2.55. The van der Waals surface area contributed by atoms with Crippen molar-refractivity contribution < 1.29 is 4.74 Å². The van der Waals surface area contributed by atoms with Crippen molar-refractivity contribution in [3.8, 4) is 0 Å². The number of rotatable bonds is 1. The van der Waals surface area contributed by atoms with Gasteiger partial charge in [0, 0.05) is 19.0 Å². The maximum absolute atomic E-state index is 6.24. The van der Waals surface area contributed by atoms with Gasteiger partial charge < -0.3 is 4.74 Å². The molecule has 1 N–H and O–H groups in total. The van der Waals surface area contributed by atoms with Crippen LogP contribution < -0.4 is 5.32 Å². The first-order valence-corrected chi connectivity index (χ1v) is 8.53. The highest BCUT2D eigenvalue weighted by atomic mass is 32.1. The van der Waals surface area contributed by atoms with Gasteiger partial charge in [0.05, 0.1) is 16.8 Å². The zero-order valence-corrected chi connectivity index (χ0v) is 13.2. The van der Waals surface area contributed by atoms with Crippen LogP contribution in [0.4, 0.5) is 5.82 Å². The van der Waals surface area contributed by atoms with Crippen molar-refractivity contribution in [3.05, 3.63) is 17.3 Å². The summed E-state index contributed by atoms with van der Waals surface area (Å²) in [5.41, 5.74) is 2.08. The monoisotopic (exact) mass is 315 g/mol.